The van der Waals surface area contributed by atoms with E-state index in [4.69, 9.17) is 26.4 Å². The molecule has 0 unspecified atom stereocenters. The van der Waals surface area contributed by atoms with E-state index in [1.165, 1.54) is 0 Å². The largest absolute Gasteiger partial charge is 0.493 e. The lowest BCUT2D eigenvalue weighted by Crippen LogP contribution is -1.98. The lowest BCUT2D eigenvalue weighted by atomic mass is 10.2. The number of hydrogen-bond acceptors (Lipinski definition) is 6. The van der Waals surface area contributed by atoms with Crippen LogP contribution in [0.3, 0.4) is 0 Å². The molecule has 0 bridgehead atoms. The lowest BCUT2D eigenvalue weighted by Gasteiger charge is -2.12. The van der Waals surface area contributed by atoms with Crippen molar-refractivity contribution >= 4 is 18.4 Å². The van der Waals surface area contributed by atoms with E-state index in [0.717, 1.165) is 11.1 Å². The summed E-state index contributed by atoms with van der Waals surface area (Å²) in [4.78, 5) is 0. The van der Waals surface area contributed by atoms with E-state index in [-0.39, 0.29) is 0 Å². The van der Waals surface area contributed by atoms with Crippen LogP contribution >= 0.6 is 12.2 Å². The van der Waals surface area contributed by atoms with E-state index in [9.17, 15) is 0 Å². The molecule has 3 rings (SSSR count). The molecule has 0 saturated heterocycles. The zero-order chi connectivity index (χ0) is 18.5. The van der Waals surface area contributed by atoms with Gasteiger partial charge in [-0.05, 0) is 24.4 Å². The molecule has 1 aromatic heterocycles. The molecule has 0 fully saturated rings. The third-order valence-corrected chi connectivity index (χ3v) is 3.96. The number of benzene rings is 2. The van der Waals surface area contributed by atoms with Crippen molar-refractivity contribution in [1.82, 2.24) is 14.9 Å². The van der Waals surface area contributed by atoms with Gasteiger partial charge in [0, 0.05) is 11.1 Å². The topological polar surface area (TPSA) is 73.7 Å². The zero-order valence-corrected chi connectivity index (χ0v) is 15.4. The highest BCUT2D eigenvalue weighted by Gasteiger charge is 2.13. The van der Waals surface area contributed by atoms with Crippen LogP contribution in [0.1, 0.15) is 5.56 Å². The van der Waals surface area contributed by atoms with Crippen LogP contribution in [0.5, 0.6) is 17.2 Å². The molecule has 134 valence electrons. The van der Waals surface area contributed by atoms with Gasteiger partial charge in [0.05, 0.1) is 27.5 Å². The van der Waals surface area contributed by atoms with Gasteiger partial charge in [-0.3, -0.25) is 0 Å². The van der Waals surface area contributed by atoms with Crippen LogP contribution in [0.4, 0.5) is 0 Å². The van der Waals surface area contributed by atoms with Crippen molar-refractivity contribution in [2.24, 2.45) is 5.10 Å². The van der Waals surface area contributed by atoms with Crippen LogP contribution in [-0.4, -0.2) is 42.4 Å². The lowest BCUT2D eigenvalue weighted by molar-refractivity contribution is 0.324. The van der Waals surface area contributed by atoms with Crippen molar-refractivity contribution in [3.05, 3.63) is 52.8 Å². The highest BCUT2D eigenvalue weighted by Crippen LogP contribution is 2.37. The number of H-pyrrole nitrogens is 1. The molecular formula is C18H18N4O3S. The van der Waals surface area contributed by atoms with Crippen LogP contribution in [0.15, 0.2) is 47.6 Å². The van der Waals surface area contributed by atoms with Crippen LogP contribution in [0, 0.1) is 4.77 Å². The summed E-state index contributed by atoms with van der Waals surface area (Å²) < 4.78 is 18.0. The summed E-state index contributed by atoms with van der Waals surface area (Å²) in [7, 11) is 4.70. The summed E-state index contributed by atoms with van der Waals surface area (Å²) in [5.74, 6) is 2.25. The number of aromatic nitrogens is 3. The number of rotatable bonds is 6. The summed E-state index contributed by atoms with van der Waals surface area (Å²) in [6.07, 6.45) is 1.65. The van der Waals surface area contributed by atoms with E-state index in [2.05, 4.69) is 15.3 Å². The molecule has 0 amide bonds. The maximum absolute atomic E-state index is 5.36. The minimum absolute atomic E-state index is 0.396. The number of aromatic amines is 1. The summed E-state index contributed by atoms with van der Waals surface area (Å²) in [5.41, 5.74) is 1.67. The Labute approximate surface area is 155 Å². The van der Waals surface area contributed by atoms with Crippen LogP contribution in [0.25, 0.3) is 11.4 Å². The van der Waals surface area contributed by atoms with Crippen molar-refractivity contribution in [1.29, 1.82) is 0 Å². The van der Waals surface area contributed by atoms with E-state index in [0.29, 0.717) is 27.8 Å². The van der Waals surface area contributed by atoms with Gasteiger partial charge in [0.25, 0.3) is 0 Å². The minimum atomic E-state index is 0.396. The first kappa shape index (κ1) is 17.7. The van der Waals surface area contributed by atoms with Crippen LogP contribution < -0.4 is 14.2 Å². The molecule has 8 heteroatoms. The van der Waals surface area contributed by atoms with E-state index in [1.807, 2.05) is 30.3 Å². The minimum Gasteiger partial charge on any atom is -0.493 e. The molecule has 0 spiro atoms. The Morgan fingerprint density at radius 2 is 1.69 bits per heavy atom. The Balaban J connectivity index is 2.02. The first-order valence-electron chi connectivity index (χ1n) is 7.75. The average Bonchev–Trinajstić information content (AvgIpc) is 3.06. The standard InChI is InChI=1S/C18H18N4O3S/c1-23-14-9-12(10-15(24-2)16(14)25-3)11-19-22-17(20-21-18(22)26)13-7-5-4-6-8-13/h4-11H,1-3H3,(H,21,26). The normalized spacial score (nSPS) is 10.9. The SMILES string of the molecule is COc1cc(C=Nn2c(-c3ccccc3)n[nH]c2=S)cc(OC)c1OC. The van der Waals surface area contributed by atoms with Gasteiger partial charge < -0.3 is 14.2 Å². The average molecular weight is 370 g/mol. The molecule has 3 aromatic rings. The van der Waals surface area contributed by atoms with Gasteiger partial charge in [-0.1, -0.05) is 30.3 Å². The molecular weight excluding hydrogens is 352 g/mol. The van der Waals surface area contributed by atoms with Gasteiger partial charge in [0.1, 0.15) is 0 Å². The molecule has 7 nitrogen and oxygen atoms in total. The Hall–Kier alpha value is -3.13. The van der Waals surface area contributed by atoms with Crippen molar-refractivity contribution in [2.45, 2.75) is 0 Å². The number of ether oxygens (including phenoxy) is 3. The second kappa shape index (κ2) is 7.83. The van der Waals surface area contributed by atoms with Crippen molar-refractivity contribution in [2.75, 3.05) is 21.3 Å². The molecule has 0 aliphatic rings. The smallest absolute Gasteiger partial charge is 0.216 e. The van der Waals surface area contributed by atoms with Gasteiger partial charge >= 0.3 is 0 Å². The van der Waals surface area contributed by atoms with E-state index in [1.54, 1.807) is 44.4 Å². The van der Waals surface area contributed by atoms with Gasteiger partial charge in [-0.25, -0.2) is 5.10 Å². The summed E-state index contributed by atoms with van der Waals surface area (Å²) in [6.45, 7) is 0. The summed E-state index contributed by atoms with van der Waals surface area (Å²) >= 11 is 5.29. The van der Waals surface area contributed by atoms with Crippen molar-refractivity contribution in [3.63, 3.8) is 0 Å². The molecule has 0 aliphatic carbocycles. The molecule has 26 heavy (non-hydrogen) atoms. The monoisotopic (exact) mass is 370 g/mol. The third-order valence-electron chi connectivity index (χ3n) is 3.69. The van der Waals surface area contributed by atoms with Gasteiger partial charge in [0.2, 0.25) is 10.5 Å². The summed E-state index contributed by atoms with van der Waals surface area (Å²) in [6, 6.07) is 13.3. The van der Waals surface area contributed by atoms with Crippen LogP contribution in [0.2, 0.25) is 0 Å². The Kier molecular flexibility index (Phi) is 5.33. The highest BCUT2D eigenvalue weighted by molar-refractivity contribution is 7.71. The number of nitrogens with zero attached hydrogens (tertiary/aromatic N) is 3. The molecule has 2 aromatic carbocycles. The molecule has 0 aliphatic heterocycles. The second-order valence-corrected chi connectivity index (χ2v) is 5.62. The maximum atomic E-state index is 5.36. The molecule has 0 saturated carbocycles. The third kappa shape index (κ3) is 3.45. The van der Waals surface area contributed by atoms with Gasteiger partial charge in [-0.2, -0.15) is 14.9 Å². The Morgan fingerprint density at radius 1 is 1.04 bits per heavy atom. The predicted octanol–water partition coefficient (Wildman–Crippen LogP) is 3.52. The molecule has 0 atom stereocenters. The Bertz CT molecular complexity index is 955. The fourth-order valence-corrected chi connectivity index (χ4v) is 2.65. The predicted molar refractivity (Wildman–Crippen MR) is 102 cm³/mol. The van der Waals surface area contributed by atoms with E-state index >= 15 is 0 Å². The number of methoxy groups -OCH3 is 3. The molecule has 1 N–H and O–H groups in total. The van der Waals surface area contributed by atoms with Gasteiger partial charge in [0.15, 0.2) is 17.3 Å². The quantitative estimate of drug-likeness (QED) is 0.531. The van der Waals surface area contributed by atoms with Crippen molar-refractivity contribution < 1.29 is 14.2 Å². The fourth-order valence-electron chi connectivity index (χ4n) is 2.47. The van der Waals surface area contributed by atoms with Crippen LogP contribution in [-0.2, 0) is 0 Å². The first-order valence-corrected chi connectivity index (χ1v) is 8.16. The molecule has 1 heterocycles. The van der Waals surface area contributed by atoms with Gasteiger partial charge in [-0.15, -0.1) is 0 Å². The number of nitrogens with one attached hydrogen (secondary N) is 1. The summed E-state index contributed by atoms with van der Waals surface area (Å²) in [5, 5.41) is 11.5. The van der Waals surface area contributed by atoms with E-state index < -0.39 is 0 Å². The second-order valence-electron chi connectivity index (χ2n) is 5.23. The Morgan fingerprint density at radius 3 is 2.27 bits per heavy atom. The first-order chi connectivity index (χ1) is 12.7. The maximum Gasteiger partial charge on any atom is 0.216 e. The molecule has 0 radical (unpaired) electrons. The zero-order valence-electron chi connectivity index (χ0n) is 14.6. The highest BCUT2D eigenvalue weighted by atomic mass is 32.1. The number of hydrogen-bond donors (Lipinski definition) is 1. The van der Waals surface area contributed by atoms with Crippen molar-refractivity contribution in [3.8, 4) is 28.6 Å². The fraction of sp³-hybridized carbons (Fsp3) is 0.167.